The van der Waals surface area contributed by atoms with Gasteiger partial charge in [0.15, 0.2) is 0 Å². The molecule has 3 nitrogen and oxygen atoms in total. The van der Waals surface area contributed by atoms with Crippen LogP contribution in [0.2, 0.25) is 0 Å². The van der Waals surface area contributed by atoms with E-state index in [-0.39, 0.29) is 10.8 Å². The Balaban J connectivity index is 5.17. The SMILES string of the molecule is C/C=C(\N=C(/ON)C(C)(C)C)C(C)(C)C. The van der Waals surface area contributed by atoms with Crippen LogP contribution in [0.4, 0.5) is 0 Å². The van der Waals surface area contributed by atoms with E-state index in [4.69, 9.17) is 10.7 Å². The molecule has 15 heavy (non-hydrogen) atoms. The third-order valence-electron chi connectivity index (χ3n) is 2.02. The summed E-state index contributed by atoms with van der Waals surface area (Å²) in [5.41, 5.74) is 0.816. The van der Waals surface area contributed by atoms with Gasteiger partial charge in [-0.2, -0.15) is 5.90 Å². The Morgan fingerprint density at radius 2 is 1.53 bits per heavy atom. The molecule has 0 aromatic heterocycles. The van der Waals surface area contributed by atoms with E-state index in [0.29, 0.717) is 5.90 Å². The summed E-state index contributed by atoms with van der Waals surface area (Å²) in [5, 5.41) is 0. The summed E-state index contributed by atoms with van der Waals surface area (Å²) in [5.74, 6) is 5.81. The van der Waals surface area contributed by atoms with E-state index in [1.54, 1.807) is 0 Å². The van der Waals surface area contributed by atoms with Gasteiger partial charge in [0.25, 0.3) is 0 Å². The van der Waals surface area contributed by atoms with Gasteiger partial charge < -0.3 is 4.84 Å². The number of hydrogen-bond donors (Lipinski definition) is 1. The molecule has 0 bridgehead atoms. The van der Waals surface area contributed by atoms with Gasteiger partial charge >= 0.3 is 0 Å². The highest BCUT2D eigenvalue weighted by Crippen LogP contribution is 2.28. The normalized spacial score (nSPS) is 15.5. The highest BCUT2D eigenvalue weighted by molar-refractivity contribution is 5.82. The standard InChI is InChI=1S/C12H24N2O/c1-8-9(11(2,3)4)14-10(15-13)12(5,6)7/h8H,13H2,1-7H3/b9-8-,14-10-. The maximum absolute atomic E-state index is 5.25. The second kappa shape index (κ2) is 4.79. The zero-order chi connectivity index (χ0) is 12.3. The van der Waals surface area contributed by atoms with Crippen molar-refractivity contribution in [3.63, 3.8) is 0 Å². The first-order chi connectivity index (χ1) is 6.62. The topological polar surface area (TPSA) is 47.6 Å². The van der Waals surface area contributed by atoms with Crippen LogP contribution in [0.15, 0.2) is 16.8 Å². The molecule has 0 saturated carbocycles. The molecule has 0 saturated heterocycles. The highest BCUT2D eigenvalue weighted by Gasteiger charge is 2.24. The fourth-order valence-corrected chi connectivity index (χ4v) is 1.15. The third-order valence-corrected chi connectivity index (χ3v) is 2.02. The van der Waals surface area contributed by atoms with E-state index in [1.165, 1.54) is 0 Å². The predicted molar refractivity (Wildman–Crippen MR) is 65.4 cm³/mol. The molecule has 0 aliphatic carbocycles. The summed E-state index contributed by atoms with van der Waals surface area (Å²) in [4.78, 5) is 9.34. The molecule has 0 spiro atoms. The molecule has 0 unspecified atom stereocenters. The van der Waals surface area contributed by atoms with Gasteiger partial charge in [-0.05, 0) is 6.92 Å². The van der Waals surface area contributed by atoms with Gasteiger partial charge in [0.1, 0.15) is 0 Å². The monoisotopic (exact) mass is 212 g/mol. The van der Waals surface area contributed by atoms with Crippen LogP contribution in [-0.4, -0.2) is 5.90 Å². The van der Waals surface area contributed by atoms with Crippen molar-refractivity contribution in [2.45, 2.75) is 48.5 Å². The largest absolute Gasteiger partial charge is 0.395 e. The molecule has 0 aromatic carbocycles. The minimum absolute atomic E-state index is 0.00375. The summed E-state index contributed by atoms with van der Waals surface area (Å²) < 4.78 is 0. The molecule has 0 amide bonds. The Morgan fingerprint density at radius 1 is 1.07 bits per heavy atom. The van der Waals surface area contributed by atoms with Crippen LogP contribution in [0.3, 0.4) is 0 Å². The lowest BCUT2D eigenvalue weighted by Crippen LogP contribution is -2.27. The van der Waals surface area contributed by atoms with Gasteiger partial charge in [-0.25, -0.2) is 4.99 Å². The van der Waals surface area contributed by atoms with Gasteiger partial charge in [0.05, 0.1) is 0 Å². The van der Waals surface area contributed by atoms with Gasteiger partial charge in [0.2, 0.25) is 5.90 Å². The van der Waals surface area contributed by atoms with Gasteiger partial charge in [-0.1, -0.05) is 47.6 Å². The van der Waals surface area contributed by atoms with E-state index >= 15 is 0 Å². The molecule has 0 fully saturated rings. The van der Waals surface area contributed by atoms with Crippen LogP contribution in [0.5, 0.6) is 0 Å². The Morgan fingerprint density at radius 3 is 1.73 bits per heavy atom. The Labute approximate surface area is 93.4 Å². The lowest BCUT2D eigenvalue weighted by Gasteiger charge is -2.23. The molecule has 0 aromatic rings. The maximum Gasteiger partial charge on any atom is 0.219 e. The van der Waals surface area contributed by atoms with Crippen LogP contribution in [0, 0.1) is 10.8 Å². The van der Waals surface area contributed by atoms with Crippen molar-refractivity contribution in [1.82, 2.24) is 0 Å². The average molecular weight is 212 g/mol. The lowest BCUT2D eigenvalue weighted by molar-refractivity contribution is 0.271. The fourth-order valence-electron chi connectivity index (χ4n) is 1.15. The molecule has 0 radical (unpaired) electrons. The Hall–Kier alpha value is -0.830. The van der Waals surface area contributed by atoms with Gasteiger partial charge in [-0.15, -0.1) is 0 Å². The minimum Gasteiger partial charge on any atom is -0.395 e. The molecular weight excluding hydrogens is 188 g/mol. The first kappa shape index (κ1) is 14.2. The van der Waals surface area contributed by atoms with Crippen molar-refractivity contribution < 1.29 is 4.84 Å². The van der Waals surface area contributed by atoms with E-state index in [1.807, 2.05) is 33.8 Å². The van der Waals surface area contributed by atoms with Crippen molar-refractivity contribution >= 4 is 5.90 Å². The van der Waals surface area contributed by atoms with E-state index in [9.17, 15) is 0 Å². The molecule has 0 rings (SSSR count). The molecule has 0 heterocycles. The molecule has 88 valence electrons. The van der Waals surface area contributed by atoms with Gasteiger partial charge in [-0.3, -0.25) is 0 Å². The number of rotatable bonds is 1. The molecule has 0 aliphatic rings. The summed E-state index contributed by atoms with van der Waals surface area (Å²) in [6.07, 6.45) is 1.99. The van der Waals surface area contributed by atoms with Crippen LogP contribution >= 0.6 is 0 Å². The summed E-state index contributed by atoms with van der Waals surface area (Å²) in [6.45, 7) is 14.4. The second-order valence-corrected chi connectivity index (χ2v) is 5.71. The molecule has 2 N–H and O–H groups in total. The smallest absolute Gasteiger partial charge is 0.219 e. The van der Waals surface area contributed by atoms with Crippen LogP contribution in [0.25, 0.3) is 0 Å². The zero-order valence-corrected chi connectivity index (χ0v) is 11.0. The summed E-state index contributed by atoms with van der Waals surface area (Å²) in [7, 11) is 0. The van der Waals surface area contributed by atoms with Crippen molar-refractivity contribution in [3.8, 4) is 0 Å². The quantitative estimate of drug-likeness (QED) is 0.412. The molecule has 0 aliphatic heterocycles. The maximum atomic E-state index is 5.25. The minimum atomic E-state index is -0.172. The number of aliphatic imine (C=N–C) groups is 1. The van der Waals surface area contributed by atoms with E-state index in [0.717, 1.165) is 5.70 Å². The van der Waals surface area contributed by atoms with Crippen molar-refractivity contribution in [1.29, 1.82) is 0 Å². The van der Waals surface area contributed by atoms with Gasteiger partial charge in [0, 0.05) is 16.5 Å². The van der Waals surface area contributed by atoms with Crippen LogP contribution in [0.1, 0.15) is 48.5 Å². The Bertz CT molecular complexity index is 264. The van der Waals surface area contributed by atoms with Crippen LogP contribution in [-0.2, 0) is 4.84 Å². The highest BCUT2D eigenvalue weighted by atomic mass is 16.6. The number of hydrogen-bond acceptors (Lipinski definition) is 3. The zero-order valence-electron chi connectivity index (χ0n) is 11.0. The number of nitrogens with two attached hydrogens (primary N) is 1. The molecular formula is C12H24N2O. The van der Waals surface area contributed by atoms with Crippen LogP contribution < -0.4 is 5.90 Å². The fraction of sp³-hybridized carbons (Fsp3) is 0.750. The van der Waals surface area contributed by atoms with Crippen molar-refractivity contribution in [3.05, 3.63) is 11.8 Å². The molecule has 0 atom stereocenters. The second-order valence-electron chi connectivity index (χ2n) is 5.71. The summed E-state index contributed by atoms with van der Waals surface area (Å²) >= 11 is 0. The van der Waals surface area contributed by atoms with E-state index < -0.39 is 0 Å². The average Bonchev–Trinajstić information content (AvgIpc) is 2.01. The lowest BCUT2D eigenvalue weighted by atomic mass is 9.91. The van der Waals surface area contributed by atoms with E-state index in [2.05, 4.69) is 25.8 Å². The summed E-state index contributed by atoms with van der Waals surface area (Å²) in [6, 6.07) is 0. The number of allylic oxidation sites excluding steroid dienone is 2. The predicted octanol–water partition coefficient (Wildman–Crippen LogP) is 3.27. The molecule has 3 heteroatoms. The Kier molecular flexibility index (Phi) is 4.53. The first-order valence-corrected chi connectivity index (χ1v) is 5.25. The number of nitrogens with zero attached hydrogens (tertiary/aromatic N) is 1. The third kappa shape index (κ3) is 4.47. The van der Waals surface area contributed by atoms with Crippen molar-refractivity contribution in [2.75, 3.05) is 0 Å². The van der Waals surface area contributed by atoms with Crippen molar-refractivity contribution in [2.24, 2.45) is 21.7 Å². The first-order valence-electron chi connectivity index (χ1n) is 5.25.